The Balaban J connectivity index is 1.26. The molecule has 5 aromatic rings. The Morgan fingerprint density at radius 1 is 0.756 bits per heavy atom. The van der Waals surface area contributed by atoms with E-state index in [1.54, 1.807) is 0 Å². The number of aromatic amines is 1. The molecule has 1 fully saturated rings. The Hall–Kier alpha value is -4.22. The van der Waals surface area contributed by atoms with E-state index in [0.29, 0.717) is 25.3 Å². The molecule has 10 heteroatoms. The third-order valence-electron chi connectivity index (χ3n) is 6.81. The minimum Gasteiger partial charge on any atom is -0.374 e. The van der Waals surface area contributed by atoms with Crippen molar-refractivity contribution in [2.75, 3.05) is 11.9 Å². The van der Waals surface area contributed by atoms with Crippen LogP contribution in [0.3, 0.4) is 0 Å². The van der Waals surface area contributed by atoms with Gasteiger partial charge in [0.25, 0.3) is 0 Å². The highest BCUT2D eigenvalue weighted by atomic mass is 19.1. The van der Waals surface area contributed by atoms with Gasteiger partial charge in [0.1, 0.15) is 23.8 Å². The molecule has 2 N–H and O–H groups in total. The molecule has 210 valence electrons. The van der Waals surface area contributed by atoms with E-state index in [2.05, 4.69) is 25.3 Å². The molecule has 2 aromatic heterocycles. The zero-order valence-electron chi connectivity index (χ0n) is 22.2. The second-order valence-electron chi connectivity index (χ2n) is 9.71. The molecule has 3 aromatic carbocycles. The second kappa shape index (κ2) is 13.0. The maximum atomic E-state index is 14.3. The van der Waals surface area contributed by atoms with Gasteiger partial charge >= 0.3 is 6.08 Å². The SMILES string of the molecule is Fc1nc(N[C@@H]2O[C@H](COCc3ccccc3)[C@@H](OCc3ccccc3)[C@@H]2OCc2ccccc2)c2[nH]cnc2n1. The van der Waals surface area contributed by atoms with E-state index in [4.69, 9.17) is 18.9 Å². The topological polar surface area (TPSA) is 103 Å². The number of fused-ring (bicyclic) bond motifs is 1. The molecule has 1 aliphatic rings. The molecular formula is C31H30FN5O4. The number of hydrogen-bond donors (Lipinski definition) is 2. The molecule has 6 rings (SSSR count). The van der Waals surface area contributed by atoms with Gasteiger partial charge in [-0.15, -0.1) is 0 Å². The van der Waals surface area contributed by atoms with Crippen LogP contribution in [0.5, 0.6) is 0 Å². The maximum Gasteiger partial charge on any atom is 0.312 e. The molecule has 0 unspecified atom stereocenters. The summed E-state index contributed by atoms with van der Waals surface area (Å²) in [6.07, 6.45) is -1.76. The summed E-state index contributed by atoms with van der Waals surface area (Å²) < 4.78 is 39.8. The highest BCUT2D eigenvalue weighted by Crippen LogP contribution is 2.31. The molecule has 0 saturated carbocycles. The minimum atomic E-state index is -0.897. The normalized spacial score (nSPS) is 20.4. The lowest BCUT2D eigenvalue weighted by molar-refractivity contribution is -0.0897. The Morgan fingerprint density at radius 2 is 1.34 bits per heavy atom. The van der Waals surface area contributed by atoms with Crippen molar-refractivity contribution < 1.29 is 23.3 Å². The highest BCUT2D eigenvalue weighted by Gasteiger charge is 2.47. The minimum absolute atomic E-state index is 0.208. The smallest absolute Gasteiger partial charge is 0.312 e. The molecule has 0 spiro atoms. The molecule has 3 heterocycles. The Kier molecular flexibility index (Phi) is 8.53. The van der Waals surface area contributed by atoms with Crippen molar-refractivity contribution in [2.45, 2.75) is 44.4 Å². The van der Waals surface area contributed by atoms with Gasteiger partial charge in [-0.3, -0.25) is 0 Å². The van der Waals surface area contributed by atoms with Gasteiger partial charge in [-0.05, 0) is 16.7 Å². The number of hydrogen-bond acceptors (Lipinski definition) is 8. The van der Waals surface area contributed by atoms with Crippen LogP contribution in [-0.2, 0) is 38.8 Å². The molecule has 1 aliphatic heterocycles. The number of H-pyrrole nitrogens is 1. The number of halogens is 1. The average Bonchev–Trinajstić information content (AvgIpc) is 3.61. The number of benzene rings is 3. The largest absolute Gasteiger partial charge is 0.374 e. The van der Waals surface area contributed by atoms with Crippen LogP contribution >= 0.6 is 0 Å². The Bertz CT molecular complexity index is 1520. The molecule has 0 bridgehead atoms. The number of ether oxygens (including phenoxy) is 4. The number of nitrogens with one attached hydrogen (secondary N) is 2. The first-order valence-corrected chi connectivity index (χ1v) is 13.4. The van der Waals surface area contributed by atoms with E-state index in [0.717, 1.165) is 16.7 Å². The van der Waals surface area contributed by atoms with Crippen LogP contribution in [0.2, 0.25) is 0 Å². The summed E-state index contributed by atoms with van der Waals surface area (Å²) in [6, 6.07) is 29.7. The zero-order valence-corrected chi connectivity index (χ0v) is 22.2. The summed E-state index contributed by atoms with van der Waals surface area (Å²) in [4.78, 5) is 14.8. The second-order valence-corrected chi connectivity index (χ2v) is 9.71. The predicted molar refractivity (Wildman–Crippen MR) is 150 cm³/mol. The highest BCUT2D eigenvalue weighted by molar-refractivity contribution is 5.82. The van der Waals surface area contributed by atoms with Gasteiger partial charge in [-0.2, -0.15) is 14.4 Å². The lowest BCUT2D eigenvalue weighted by Gasteiger charge is -2.25. The fraction of sp³-hybridized carbons (Fsp3) is 0.258. The molecule has 41 heavy (non-hydrogen) atoms. The van der Waals surface area contributed by atoms with E-state index in [1.165, 1.54) is 6.33 Å². The number of anilines is 1. The fourth-order valence-electron chi connectivity index (χ4n) is 4.81. The summed E-state index contributed by atoms with van der Waals surface area (Å²) in [5.41, 5.74) is 3.74. The molecular weight excluding hydrogens is 525 g/mol. The van der Waals surface area contributed by atoms with Crippen LogP contribution in [0.15, 0.2) is 97.3 Å². The van der Waals surface area contributed by atoms with Gasteiger partial charge in [0.05, 0.1) is 32.8 Å². The number of rotatable bonds is 12. The monoisotopic (exact) mass is 555 g/mol. The number of aromatic nitrogens is 4. The van der Waals surface area contributed by atoms with E-state index in [9.17, 15) is 4.39 Å². The van der Waals surface area contributed by atoms with Gasteiger partial charge in [-0.25, -0.2) is 4.98 Å². The summed E-state index contributed by atoms with van der Waals surface area (Å²) in [7, 11) is 0. The third-order valence-corrected chi connectivity index (χ3v) is 6.81. The van der Waals surface area contributed by atoms with Crippen LogP contribution in [0, 0.1) is 6.08 Å². The van der Waals surface area contributed by atoms with Crippen molar-refractivity contribution in [1.29, 1.82) is 0 Å². The lowest BCUT2D eigenvalue weighted by Crippen LogP contribution is -2.41. The van der Waals surface area contributed by atoms with Crippen molar-refractivity contribution in [1.82, 2.24) is 19.9 Å². The van der Waals surface area contributed by atoms with Crippen LogP contribution in [0.4, 0.5) is 10.2 Å². The predicted octanol–water partition coefficient (Wildman–Crippen LogP) is 5.02. The van der Waals surface area contributed by atoms with Crippen molar-refractivity contribution >= 4 is 17.0 Å². The zero-order chi connectivity index (χ0) is 27.9. The number of nitrogens with zero attached hydrogens (tertiary/aromatic N) is 3. The van der Waals surface area contributed by atoms with Gasteiger partial charge in [0, 0.05) is 0 Å². The third kappa shape index (κ3) is 6.75. The van der Waals surface area contributed by atoms with Gasteiger partial charge in [0.2, 0.25) is 0 Å². The van der Waals surface area contributed by atoms with Gasteiger partial charge < -0.3 is 29.2 Å². The quantitative estimate of drug-likeness (QED) is 0.207. The molecule has 4 atom stereocenters. The van der Waals surface area contributed by atoms with E-state index in [1.807, 2.05) is 91.0 Å². The van der Waals surface area contributed by atoms with Crippen molar-refractivity contribution in [3.8, 4) is 0 Å². The van der Waals surface area contributed by atoms with Crippen molar-refractivity contribution in [2.24, 2.45) is 0 Å². The Labute approximate surface area is 236 Å². The number of imidazole rings is 1. The van der Waals surface area contributed by atoms with Crippen LogP contribution < -0.4 is 5.32 Å². The summed E-state index contributed by atoms with van der Waals surface area (Å²) in [6.45, 7) is 1.36. The first-order valence-electron chi connectivity index (χ1n) is 13.4. The first kappa shape index (κ1) is 27.0. The lowest BCUT2D eigenvalue weighted by atomic mass is 10.1. The molecule has 1 saturated heterocycles. The Morgan fingerprint density at radius 3 is 1.98 bits per heavy atom. The standard InChI is InChI=1S/C31H30FN5O4/c32-31-36-28-25(33-20-34-28)29(37-31)35-30-27(40-18-23-14-8-3-9-15-23)26(39-17-22-12-6-2-7-13-22)24(41-30)19-38-16-21-10-4-1-5-11-21/h1-15,20,24,26-27,30H,16-19H2,(H2,33,34,35,36,37)/t24-,26-,27+,30-/m1/s1. The molecule has 9 nitrogen and oxygen atoms in total. The van der Waals surface area contributed by atoms with Crippen LogP contribution in [0.1, 0.15) is 16.7 Å². The summed E-state index contributed by atoms with van der Waals surface area (Å²) >= 11 is 0. The summed E-state index contributed by atoms with van der Waals surface area (Å²) in [5, 5.41) is 3.22. The van der Waals surface area contributed by atoms with Gasteiger partial charge in [0.15, 0.2) is 17.7 Å². The van der Waals surface area contributed by atoms with Crippen LogP contribution in [0.25, 0.3) is 11.2 Å². The summed E-state index contributed by atoms with van der Waals surface area (Å²) in [5.74, 6) is 0.218. The molecule has 0 radical (unpaired) electrons. The first-order chi connectivity index (χ1) is 20.2. The maximum absolute atomic E-state index is 14.3. The van der Waals surface area contributed by atoms with E-state index in [-0.39, 0.29) is 18.1 Å². The molecule has 0 aliphatic carbocycles. The average molecular weight is 556 g/mol. The van der Waals surface area contributed by atoms with Crippen molar-refractivity contribution in [3.05, 3.63) is 120 Å². The van der Waals surface area contributed by atoms with Crippen LogP contribution in [-0.4, -0.2) is 51.1 Å². The van der Waals surface area contributed by atoms with Gasteiger partial charge in [-0.1, -0.05) is 91.0 Å². The van der Waals surface area contributed by atoms with E-state index < -0.39 is 30.6 Å². The fourth-order valence-corrected chi connectivity index (χ4v) is 4.81. The molecule has 0 amide bonds. The van der Waals surface area contributed by atoms with E-state index >= 15 is 0 Å². The van der Waals surface area contributed by atoms with Crippen molar-refractivity contribution in [3.63, 3.8) is 0 Å².